The van der Waals surface area contributed by atoms with E-state index in [2.05, 4.69) is 10.1 Å². The topological polar surface area (TPSA) is 80.0 Å². The molecule has 0 radical (unpaired) electrons. The van der Waals surface area contributed by atoms with Crippen LogP contribution >= 0.6 is 11.6 Å². The highest BCUT2D eigenvalue weighted by Gasteiger charge is 2.31. The van der Waals surface area contributed by atoms with Crippen molar-refractivity contribution in [1.29, 1.82) is 0 Å². The summed E-state index contributed by atoms with van der Waals surface area (Å²) in [5, 5.41) is 14.6. The molecule has 0 bridgehead atoms. The highest BCUT2D eigenvalue weighted by molar-refractivity contribution is 6.31. The van der Waals surface area contributed by atoms with E-state index in [1.807, 2.05) is 13.8 Å². The zero-order valence-electron chi connectivity index (χ0n) is 16.2. The Hall–Kier alpha value is -2.71. The molecule has 1 amide bonds. The lowest BCUT2D eigenvalue weighted by Crippen LogP contribution is -2.27. The number of hydrogen-bond acceptors (Lipinski definition) is 5. The number of nitrogens with zero attached hydrogens (tertiary/aromatic N) is 4. The Morgan fingerprint density at radius 2 is 2.14 bits per heavy atom. The first-order valence-electron chi connectivity index (χ1n) is 9.19. The van der Waals surface area contributed by atoms with Crippen molar-refractivity contribution in [2.45, 2.75) is 40.0 Å². The highest BCUT2D eigenvalue weighted by atomic mass is 35.5. The van der Waals surface area contributed by atoms with E-state index in [0.717, 1.165) is 23.0 Å². The number of ether oxygens (including phenoxy) is 1. The summed E-state index contributed by atoms with van der Waals surface area (Å²) < 4.78 is 20.8. The number of aryl methyl sites for hydroxylation is 2. The molecule has 4 rings (SSSR count). The molecule has 1 aliphatic heterocycles. The van der Waals surface area contributed by atoms with Crippen molar-refractivity contribution in [1.82, 2.24) is 19.5 Å². The fourth-order valence-electron chi connectivity index (χ4n) is 3.43. The van der Waals surface area contributed by atoms with Crippen LogP contribution in [0.5, 0.6) is 5.75 Å². The molecule has 7 nitrogen and oxygen atoms in total. The fraction of sp³-hybridized carbons (Fsp3) is 0.350. The van der Waals surface area contributed by atoms with E-state index in [-0.39, 0.29) is 23.8 Å². The third kappa shape index (κ3) is 3.42. The molecule has 152 valence electrons. The van der Waals surface area contributed by atoms with E-state index in [1.165, 1.54) is 12.1 Å². The standard InChI is InChI=1S/C20H20ClFN4O3/c1-10(27)9-29-17-6-13(22)4-5-14(17)20(28)25-7-15-16(8-25)24-26-12(3)18(21)11(2)23-19(15)26/h4-6,10,27H,7-9H2,1-3H3. The van der Waals surface area contributed by atoms with Gasteiger partial charge in [0, 0.05) is 11.6 Å². The molecule has 1 N–H and O–H groups in total. The number of halogens is 2. The van der Waals surface area contributed by atoms with Crippen molar-refractivity contribution in [3.05, 3.63) is 57.2 Å². The fourth-order valence-corrected chi connectivity index (χ4v) is 3.55. The van der Waals surface area contributed by atoms with Crippen LogP contribution in [0.4, 0.5) is 4.39 Å². The van der Waals surface area contributed by atoms with Crippen LogP contribution in [0.1, 0.15) is 39.9 Å². The third-order valence-electron chi connectivity index (χ3n) is 4.90. The van der Waals surface area contributed by atoms with Crippen molar-refractivity contribution in [3.8, 4) is 5.75 Å². The largest absolute Gasteiger partial charge is 0.490 e. The highest BCUT2D eigenvalue weighted by Crippen LogP contribution is 2.31. The number of aliphatic hydroxyl groups is 1. The number of carbonyl (C=O) groups excluding carboxylic acids is 1. The van der Waals surface area contributed by atoms with Crippen LogP contribution in [0.2, 0.25) is 5.02 Å². The second kappa shape index (κ2) is 7.27. The Balaban J connectivity index is 1.64. The lowest BCUT2D eigenvalue weighted by molar-refractivity contribution is 0.0738. The van der Waals surface area contributed by atoms with Gasteiger partial charge in [0.05, 0.1) is 46.9 Å². The summed E-state index contributed by atoms with van der Waals surface area (Å²) in [6, 6.07) is 3.76. The van der Waals surface area contributed by atoms with Crippen LogP contribution in [0.15, 0.2) is 18.2 Å². The number of hydrogen-bond donors (Lipinski definition) is 1. The minimum Gasteiger partial charge on any atom is -0.490 e. The Bertz CT molecular complexity index is 1130. The van der Waals surface area contributed by atoms with Crippen LogP contribution in [0.3, 0.4) is 0 Å². The minimum absolute atomic E-state index is 0.0406. The van der Waals surface area contributed by atoms with Gasteiger partial charge in [-0.2, -0.15) is 5.10 Å². The van der Waals surface area contributed by atoms with Crippen LogP contribution in [-0.4, -0.2) is 43.2 Å². The molecule has 0 aliphatic carbocycles. The summed E-state index contributed by atoms with van der Waals surface area (Å²) in [6.07, 6.45) is -0.741. The number of rotatable bonds is 4. The van der Waals surface area contributed by atoms with Crippen molar-refractivity contribution >= 4 is 23.2 Å². The van der Waals surface area contributed by atoms with Crippen LogP contribution in [0, 0.1) is 19.7 Å². The van der Waals surface area contributed by atoms with Gasteiger partial charge in [-0.1, -0.05) is 11.6 Å². The van der Waals surface area contributed by atoms with Gasteiger partial charge in [-0.25, -0.2) is 13.9 Å². The van der Waals surface area contributed by atoms with Crippen LogP contribution in [0.25, 0.3) is 5.65 Å². The summed E-state index contributed by atoms with van der Waals surface area (Å²) in [5.74, 6) is -0.716. The van der Waals surface area contributed by atoms with E-state index in [4.69, 9.17) is 16.3 Å². The van der Waals surface area contributed by atoms with Gasteiger partial charge in [0.1, 0.15) is 18.2 Å². The maximum Gasteiger partial charge on any atom is 0.258 e. The van der Waals surface area contributed by atoms with Gasteiger partial charge in [-0.15, -0.1) is 0 Å². The number of fused-ring (bicyclic) bond motifs is 3. The van der Waals surface area contributed by atoms with Gasteiger partial charge < -0.3 is 14.7 Å². The number of aliphatic hydroxyl groups excluding tert-OH is 1. The maximum atomic E-state index is 13.7. The molecule has 1 aliphatic rings. The van der Waals surface area contributed by atoms with Crippen molar-refractivity contribution < 1.29 is 19.0 Å². The molecule has 3 aromatic rings. The Labute approximate surface area is 171 Å². The van der Waals surface area contributed by atoms with E-state index in [9.17, 15) is 14.3 Å². The number of benzene rings is 1. The molecule has 3 heterocycles. The number of aromatic nitrogens is 3. The summed E-state index contributed by atoms with van der Waals surface area (Å²) in [5.41, 5.74) is 4.04. The molecule has 1 atom stereocenters. The molecule has 0 saturated carbocycles. The van der Waals surface area contributed by atoms with Gasteiger partial charge in [0.15, 0.2) is 5.65 Å². The Kier molecular flexibility index (Phi) is 4.92. The molecule has 0 fully saturated rings. The normalized spacial score (nSPS) is 14.3. The maximum absolute atomic E-state index is 13.7. The average Bonchev–Trinajstić information content (AvgIpc) is 3.23. The van der Waals surface area contributed by atoms with E-state index in [1.54, 1.807) is 16.3 Å². The SMILES string of the molecule is Cc1nc2c3c(nn2c(C)c1Cl)CN(C(=O)c1ccc(F)cc1OCC(C)O)C3. The molecule has 0 saturated heterocycles. The lowest BCUT2D eigenvalue weighted by Gasteiger charge is -2.19. The first-order chi connectivity index (χ1) is 13.8. The lowest BCUT2D eigenvalue weighted by atomic mass is 10.1. The van der Waals surface area contributed by atoms with Crippen molar-refractivity contribution in [2.75, 3.05) is 6.61 Å². The van der Waals surface area contributed by atoms with Gasteiger partial charge in [0.2, 0.25) is 0 Å². The van der Waals surface area contributed by atoms with E-state index < -0.39 is 11.9 Å². The quantitative estimate of drug-likeness (QED) is 0.704. The van der Waals surface area contributed by atoms with Crippen molar-refractivity contribution in [2.24, 2.45) is 0 Å². The molecule has 29 heavy (non-hydrogen) atoms. The first-order valence-corrected chi connectivity index (χ1v) is 9.57. The smallest absolute Gasteiger partial charge is 0.258 e. The summed E-state index contributed by atoms with van der Waals surface area (Å²) in [7, 11) is 0. The average molecular weight is 419 g/mol. The predicted octanol–water partition coefficient (Wildman–Crippen LogP) is 3.05. The molecular formula is C20H20ClFN4O3. The van der Waals surface area contributed by atoms with Gasteiger partial charge >= 0.3 is 0 Å². The van der Waals surface area contributed by atoms with Gasteiger partial charge in [-0.3, -0.25) is 4.79 Å². The third-order valence-corrected chi connectivity index (χ3v) is 5.44. The molecule has 1 aromatic carbocycles. The first kappa shape index (κ1) is 19.6. The Morgan fingerprint density at radius 3 is 2.86 bits per heavy atom. The van der Waals surface area contributed by atoms with E-state index in [0.29, 0.717) is 29.5 Å². The Morgan fingerprint density at radius 1 is 1.38 bits per heavy atom. The summed E-state index contributed by atoms with van der Waals surface area (Å²) in [6.45, 7) is 5.85. The van der Waals surface area contributed by atoms with Gasteiger partial charge in [0.25, 0.3) is 5.91 Å². The van der Waals surface area contributed by atoms with Gasteiger partial charge in [-0.05, 0) is 32.9 Å². The van der Waals surface area contributed by atoms with Crippen LogP contribution in [-0.2, 0) is 13.1 Å². The minimum atomic E-state index is -0.741. The predicted molar refractivity (Wildman–Crippen MR) is 105 cm³/mol. The number of amides is 1. The second-order valence-corrected chi connectivity index (χ2v) is 7.60. The van der Waals surface area contributed by atoms with Crippen LogP contribution < -0.4 is 4.74 Å². The molecular weight excluding hydrogens is 399 g/mol. The molecule has 2 aromatic heterocycles. The summed E-state index contributed by atoms with van der Waals surface area (Å²) >= 11 is 6.27. The summed E-state index contributed by atoms with van der Waals surface area (Å²) in [4.78, 5) is 19.3. The molecule has 1 unspecified atom stereocenters. The zero-order chi connectivity index (χ0) is 20.9. The monoisotopic (exact) mass is 418 g/mol. The van der Waals surface area contributed by atoms with Crippen molar-refractivity contribution in [3.63, 3.8) is 0 Å². The van der Waals surface area contributed by atoms with E-state index >= 15 is 0 Å². The second-order valence-electron chi connectivity index (χ2n) is 7.22. The number of carbonyl (C=O) groups is 1. The molecule has 0 spiro atoms. The zero-order valence-corrected chi connectivity index (χ0v) is 17.0. The molecule has 9 heteroatoms.